The number of nitrogens with zero attached hydrogens (tertiary/aromatic N) is 5. The van der Waals surface area contributed by atoms with Crippen molar-refractivity contribution in [2.45, 2.75) is 45.4 Å². The second-order valence-corrected chi connectivity index (χ2v) is 9.82. The Labute approximate surface area is 209 Å². The second kappa shape index (κ2) is 9.09. The molecule has 1 amide bonds. The molecule has 37 heavy (non-hydrogen) atoms. The molecule has 5 rings (SSSR count). The van der Waals surface area contributed by atoms with Gasteiger partial charge in [0, 0.05) is 24.2 Å². The Morgan fingerprint density at radius 3 is 2.46 bits per heavy atom. The fraction of sp³-hybridized carbons (Fsp3) is 0.360. The number of ether oxygens (including phenoxy) is 1. The lowest BCUT2D eigenvalue weighted by Crippen LogP contribution is -2.54. The van der Waals surface area contributed by atoms with Crippen LogP contribution in [0.5, 0.6) is 0 Å². The van der Waals surface area contributed by atoms with Crippen LogP contribution in [0.1, 0.15) is 44.7 Å². The molecule has 0 spiro atoms. The molecule has 0 atom stereocenters. The molecule has 1 aliphatic heterocycles. The average molecular weight is 515 g/mol. The van der Waals surface area contributed by atoms with E-state index >= 15 is 4.39 Å². The third-order valence-electron chi connectivity index (χ3n) is 6.00. The molecule has 2 aromatic carbocycles. The first-order valence-corrected chi connectivity index (χ1v) is 11.6. The minimum Gasteiger partial charge on any atom is -0.444 e. The molecule has 3 heterocycles. The first-order chi connectivity index (χ1) is 17.5. The number of rotatable bonds is 5. The number of benzene rings is 2. The first-order valence-electron chi connectivity index (χ1n) is 11.6. The maximum atomic E-state index is 15.0. The van der Waals surface area contributed by atoms with Crippen LogP contribution >= 0.6 is 0 Å². The summed E-state index contributed by atoms with van der Waals surface area (Å²) in [4.78, 5) is 27.3. The maximum Gasteiger partial charge on any atom is 0.410 e. The zero-order valence-electron chi connectivity index (χ0n) is 20.3. The van der Waals surface area contributed by atoms with Gasteiger partial charge in [-0.05, 0) is 45.0 Å². The van der Waals surface area contributed by atoms with Gasteiger partial charge in [0.1, 0.15) is 11.4 Å². The standard InChI is InChI=1S/C25H24F3N5O4/c1-25(2,3)37-24(35)31-12-16(13-31)33-19-7-5-4-6-18(19)32(23(33)34)11-15-9-8-14(10-17(15)26)21-29-30-22(36-21)20(27)28/h4-10,16,20H,11-13H2,1-3H3. The van der Waals surface area contributed by atoms with E-state index in [9.17, 15) is 18.4 Å². The Hall–Kier alpha value is -4.09. The SMILES string of the molecule is CC(C)(C)OC(=O)N1CC(n2c(=O)n(Cc3ccc(-c4nnc(C(F)F)o4)cc3F)c3ccccc32)C1. The number of carbonyl (C=O) groups is 1. The van der Waals surface area contributed by atoms with E-state index in [2.05, 4.69) is 10.2 Å². The van der Waals surface area contributed by atoms with Gasteiger partial charge in [0.25, 0.3) is 5.89 Å². The van der Waals surface area contributed by atoms with Crippen LogP contribution in [0.3, 0.4) is 0 Å². The molecule has 0 aliphatic carbocycles. The van der Waals surface area contributed by atoms with Gasteiger partial charge in [-0.2, -0.15) is 8.78 Å². The highest BCUT2D eigenvalue weighted by molar-refractivity contribution is 5.77. The van der Waals surface area contributed by atoms with Gasteiger partial charge in [-0.25, -0.2) is 14.0 Å². The lowest BCUT2D eigenvalue weighted by atomic mass is 10.1. The minimum absolute atomic E-state index is 0.0624. The summed E-state index contributed by atoms with van der Waals surface area (Å²) < 4.78 is 53.8. The van der Waals surface area contributed by atoms with Crippen LogP contribution in [0.4, 0.5) is 18.0 Å². The Morgan fingerprint density at radius 1 is 1.14 bits per heavy atom. The zero-order valence-corrected chi connectivity index (χ0v) is 20.3. The third-order valence-corrected chi connectivity index (χ3v) is 6.00. The molecule has 0 N–H and O–H groups in total. The Bertz CT molecular complexity index is 1530. The number of imidazole rings is 1. The van der Waals surface area contributed by atoms with Crippen LogP contribution in [-0.4, -0.2) is 49.0 Å². The quantitative estimate of drug-likeness (QED) is 0.380. The molecule has 12 heteroatoms. The van der Waals surface area contributed by atoms with Crippen molar-refractivity contribution in [1.82, 2.24) is 24.2 Å². The minimum atomic E-state index is -2.93. The number of alkyl halides is 2. The van der Waals surface area contributed by atoms with Crippen molar-refractivity contribution in [3.8, 4) is 11.5 Å². The Kier molecular flexibility index (Phi) is 6.04. The number of amides is 1. The number of para-hydroxylation sites is 2. The van der Waals surface area contributed by atoms with Crippen molar-refractivity contribution in [3.63, 3.8) is 0 Å². The van der Waals surface area contributed by atoms with Gasteiger partial charge in [-0.15, -0.1) is 10.2 Å². The van der Waals surface area contributed by atoms with E-state index in [1.807, 2.05) is 0 Å². The molecular formula is C25H24F3N5O4. The molecule has 1 saturated heterocycles. The predicted octanol–water partition coefficient (Wildman–Crippen LogP) is 4.77. The summed E-state index contributed by atoms with van der Waals surface area (Å²) in [6.07, 6.45) is -3.37. The van der Waals surface area contributed by atoms with Gasteiger partial charge < -0.3 is 14.1 Å². The second-order valence-electron chi connectivity index (χ2n) is 9.82. The van der Waals surface area contributed by atoms with Gasteiger partial charge in [0.2, 0.25) is 5.89 Å². The lowest BCUT2D eigenvalue weighted by Gasteiger charge is -2.40. The molecule has 4 aromatic rings. The van der Waals surface area contributed by atoms with Crippen molar-refractivity contribution < 1.29 is 27.1 Å². The van der Waals surface area contributed by atoms with Crippen molar-refractivity contribution in [1.29, 1.82) is 0 Å². The molecule has 9 nitrogen and oxygen atoms in total. The van der Waals surface area contributed by atoms with E-state index < -0.39 is 29.8 Å². The Morgan fingerprint density at radius 2 is 1.84 bits per heavy atom. The van der Waals surface area contributed by atoms with Crippen LogP contribution in [0.2, 0.25) is 0 Å². The monoisotopic (exact) mass is 515 g/mol. The highest BCUT2D eigenvalue weighted by Crippen LogP contribution is 2.28. The number of hydrogen-bond acceptors (Lipinski definition) is 6. The van der Waals surface area contributed by atoms with Gasteiger partial charge in [-0.1, -0.05) is 18.2 Å². The number of carbonyl (C=O) groups excluding carboxylic acids is 1. The number of likely N-dealkylation sites (tertiary alicyclic amines) is 1. The van der Waals surface area contributed by atoms with E-state index in [0.29, 0.717) is 24.1 Å². The summed E-state index contributed by atoms with van der Waals surface area (Å²) in [6.45, 7) is 5.93. The average Bonchev–Trinajstić information content (AvgIpc) is 3.38. The summed E-state index contributed by atoms with van der Waals surface area (Å²) in [5.41, 5.74) is 0.688. The predicted molar refractivity (Wildman–Crippen MR) is 127 cm³/mol. The highest BCUT2D eigenvalue weighted by atomic mass is 19.3. The van der Waals surface area contributed by atoms with Crippen LogP contribution < -0.4 is 5.69 Å². The van der Waals surface area contributed by atoms with Gasteiger partial charge >= 0.3 is 18.2 Å². The van der Waals surface area contributed by atoms with Gasteiger partial charge in [-0.3, -0.25) is 9.13 Å². The molecule has 0 bridgehead atoms. The molecule has 0 radical (unpaired) electrons. The first kappa shape index (κ1) is 24.6. The summed E-state index contributed by atoms with van der Waals surface area (Å²) >= 11 is 0. The molecule has 1 fully saturated rings. The summed E-state index contributed by atoms with van der Waals surface area (Å²) in [5.74, 6) is -1.73. The van der Waals surface area contributed by atoms with Crippen molar-refractivity contribution in [3.05, 3.63) is 70.2 Å². The van der Waals surface area contributed by atoms with Crippen LogP contribution in [0, 0.1) is 5.82 Å². The number of aromatic nitrogens is 4. The fourth-order valence-electron chi connectivity index (χ4n) is 4.25. The molecule has 0 saturated carbocycles. The normalized spacial score (nSPS) is 14.4. The van der Waals surface area contributed by atoms with E-state index in [1.165, 1.54) is 21.6 Å². The number of halogens is 3. The van der Waals surface area contributed by atoms with Crippen molar-refractivity contribution in [2.24, 2.45) is 0 Å². The van der Waals surface area contributed by atoms with E-state index in [-0.39, 0.29) is 35.3 Å². The molecule has 194 valence electrons. The number of hydrogen-bond donors (Lipinski definition) is 0. The van der Waals surface area contributed by atoms with E-state index in [4.69, 9.17) is 9.15 Å². The van der Waals surface area contributed by atoms with Crippen LogP contribution in [0.15, 0.2) is 51.7 Å². The van der Waals surface area contributed by atoms with Crippen LogP contribution in [-0.2, 0) is 11.3 Å². The summed E-state index contributed by atoms with van der Waals surface area (Å²) in [7, 11) is 0. The van der Waals surface area contributed by atoms with Crippen molar-refractivity contribution >= 4 is 17.1 Å². The third kappa shape index (κ3) is 4.70. The topological polar surface area (TPSA) is 95.4 Å². The zero-order chi connectivity index (χ0) is 26.5. The van der Waals surface area contributed by atoms with Crippen LogP contribution in [0.25, 0.3) is 22.5 Å². The van der Waals surface area contributed by atoms with Gasteiger partial charge in [0.15, 0.2) is 0 Å². The van der Waals surface area contributed by atoms with Gasteiger partial charge in [0.05, 0.1) is 23.6 Å². The molecular weight excluding hydrogens is 491 g/mol. The largest absolute Gasteiger partial charge is 0.444 e. The van der Waals surface area contributed by atoms with Crippen molar-refractivity contribution in [2.75, 3.05) is 13.1 Å². The number of fused-ring (bicyclic) bond motifs is 1. The summed E-state index contributed by atoms with van der Waals surface area (Å²) in [6, 6.07) is 10.9. The molecule has 2 aromatic heterocycles. The highest BCUT2D eigenvalue weighted by Gasteiger charge is 2.37. The van der Waals surface area contributed by atoms with E-state index in [0.717, 1.165) is 6.07 Å². The maximum absolute atomic E-state index is 15.0. The van der Waals surface area contributed by atoms with E-state index in [1.54, 1.807) is 49.6 Å². The molecule has 1 aliphatic rings. The smallest absolute Gasteiger partial charge is 0.410 e. The Balaban J connectivity index is 1.41. The molecule has 0 unspecified atom stereocenters. The lowest BCUT2D eigenvalue weighted by molar-refractivity contribution is 0.00108. The summed E-state index contributed by atoms with van der Waals surface area (Å²) in [5, 5.41) is 6.79. The fourth-order valence-corrected chi connectivity index (χ4v) is 4.25.